The van der Waals surface area contributed by atoms with Crippen molar-refractivity contribution in [3.63, 3.8) is 0 Å². The molecule has 0 bridgehead atoms. The molecule has 3 rings (SSSR count). The normalized spacial score (nSPS) is 12.3. The Morgan fingerprint density at radius 1 is 1.26 bits per heavy atom. The highest BCUT2D eigenvalue weighted by atomic mass is 16.5. The lowest BCUT2D eigenvalue weighted by atomic mass is 10.1. The molecule has 0 aliphatic rings. The molecule has 2 aromatic heterocycles. The zero-order valence-electron chi connectivity index (χ0n) is 12.8. The van der Waals surface area contributed by atoms with Gasteiger partial charge in [-0.1, -0.05) is 37.3 Å². The molecule has 0 saturated carbocycles. The molecule has 0 saturated heterocycles. The summed E-state index contributed by atoms with van der Waals surface area (Å²) in [6, 6.07) is 10.9. The summed E-state index contributed by atoms with van der Waals surface area (Å²) in [4.78, 5) is 30.6. The predicted octanol–water partition coefficient (Wildman–Crippen LogP) is 2.58. The summed E-state index contributed by atoms with van der Waals surface area (Å²) in [6.45, 7) is 3.70. The lowest BCUT2D eigenvalue weighted by molar-refractivity contribution is 0.207. The van der Waals surface area contributed by atoms with Crippen LogP contribution >= 0.6 is 0 Å². The average Bonchev–Trinajstić information content (AvgIpc) is 2.54. The van der Waals surface area contributed by atoms with Crippen molar-refractivity contribution in [2.75, 3.05) is 0 Å². The van der Waals surface area contributed by atoms with E-state index in [0.29, 0.717) is 12.0 Å². The zero-order valence-corrected chi connectivity index (χ0v) is 12.8. The summed E-state index contributed by atoms with van der Waals surface area (Å²) < 4.78 is 10.7. The number of hydrogen-bond donors (Lipinski definition) is 1. The van der Waals surface area contributed by atoms with Crippen LogP contribution in [0.15, 0.2) is 50.4 Å². The lowest BCUT2D eigenvalue weighted by Gasteiger charge is -2.13. The van der Waals surface area contributed by atoms with E-state index >= 15 is 0 Å². The first-order chi connectivity index (χ1) is 11.1. The molecule has 1 N–H and O–H groups in total. The van der Waals surface area contributed by atoms with Crippen molar-refractivity contribution >= 4 is 11.1 Å². The molecule has 0 radical (unpaired) electrons. The van der Waals surface area contributed by atoms with Crippen molar-refractivity contribution in [3.8, 4) is 6.01 Å². The Morgan fingerprint density at radius 2 is 2.00 bits per heavy atom. The van der Waals surface area contributed by atoms with Gasteiger partial charge in [-0.3, -0.25) is 9.78 Å². The zero-order chi connectivity index (χ0) is 16.4. The molecule has 6 heteroatoms. The van der Waals surface area contributed by atoms with Crippen molar-refractivity contribution in [3.05, 3.63) is 68.3 Å². The Kier molecular flexibility index (Phi) is 3.97. The summed E-state index contributed by atoms with van der Waals surface area (Å²) in [5.74, 6) is 0. The quantitative estimate of drug-likeness (QED) is 0.800. The fourth-order valence-corrected chi connectivity index (χ4v) is 2.42. The molecule has 1 aromatic carbocycles. The lowest BCUT2D eigenvalue weighted by Crippen LogP contribution is -2.16. The minimum absolute atomic E-state index is 0.00615. The highest BCUT2D eigenvalue weighted by Crippen LogP contribution is 2.19. The monoisotopic (exact) mass is 312 g/mol. The number of rotatable bonds is 4. The minimum Gasteiger partial charge on any atom is -0.457 e. The standard InChI is InChI=1S/C17H16N2O4/c1-3-11-9-13(20)23-16-14(11)15(21)18-17(19-16)22-10(2)12-7-5-4-6-8-12/h4-10H,3H2,1-2H3,(H,18,19,21)/t10-/m0/s1. The minimum atomic E-state index is -0.533. The van der Waals surface area contributed by atoms with Crippen LogP contribution in [0.4, 0.5) is 0 Å². The number of nitrogens with one attached hydrogen (secondary N) is 1. The van der Waals surface area contributed by atoms with Gasteiger partial charge in [0.1, 0.15) is 11.5 Å². The van der Waals surface area contributed by atoms with E-state index in [4.69, 9.17) is 9.15 Å². The largest absolute Gasteiger partial charge is 0.457 e. The Labute approximate surface area is 131 Å². The molecule has 3 aromatic rings. The second kappa shape index (κ2) is 6.08. The second-order valence-electron chi connectivity index (χ2n) is 5.17. The summed E-state index contributed by atoms with van der Waals surface area (Å²) in [6.07, 6.45) is 0.228. The van der Waals surface area contributed by atoms with E-state index < -0.39 is 5.63 Å². The topological polar surface area (TPSA) is 85.2 Å². The fraction of sp³-hybridized carbons (Fsp3) is 0.235. The molecule has 1 atom stereocenters. The van der Waals surface area contributed by atoms with Crippen molar-refractivity contribution in [2.45, 2.75) is 26.4 Å². The fourth-order valence-electron chi connectivity index (χ4n) is 2.42. The van der Waals surface area contributed by atoms with Crippen LogP contribution in [0.2, 0.25) is 0 Å². The molecule has 23 heavy (non-hydrogen) atoms. The third kappa shape index (κ3) is 3.01. The average molecular weight is 312 g/mol. The summed E-state index contributed by atoms with van der Waals surface area (Å²) in [5.41, 5.74) is 0.625. The van der Waals surface area contributed by atoms with E-state index in [0.717, 1.165) is 5.56 Å². The molecule has 0 spiro atoms. The van der Waals surface area contributed by atoms with Crippen LogP contribution in [0.3, 0.4) is 0 Å². The third-order valence-electron chi connectivity index (χ3n) is 3.61. The maximum atomic E-state index is 12.3. The number of H-pyrrole nitrogens is 1. The van der Waals surface area contributed by atoms with Gasteiger partial charge >= 0.3 is 5.63 Å². The van der Waals surface area contributed by atoms with E-state index in [-0.39, 0.29) is 28.8 Å². The SMILES string of the molecule is CCc1cc(=O)oc2nc(O[C@@H](C)c3ccccc3)[nH]c(=O)c12. The second-order valence-corrected chi connectivity index (χ2v) is 5.17. The van der Waals surface area contributed by atoms with Gasteiger partial charge in [0.2, 0.25) is 5.71 Å². The first kappa shape index (κ1) is 15.0. The molecular formula is C17H16N2O4. The Balaban J connectivity index is 2.03. The van der Waals surface area contributed by atoms with Crippen LogP contribution < -0.4 is 15.9 Å². The first-order valence-corrected chi connectivity index (χ1v) is 7.37. The molecule has 0 aliphatic heterocycles. The van der Waals surface area contributed by atoms with Crippen LogP contribution in [0.5, 0.6) is 6.01 Å². The number of benzene rings is 1. The Hall–Kier alpha value is -2.89. The van der Waals surface area contributed by atoms with Gasteiger partial charge in [0.25, 0.3) is 11.6 Å². The number of aryl methyl sites for hydroxylation is 1. The van der Waals surface area contributed by atoms with Gasteiger partial charge in [0, 0.05) is 6.07 Å². The molecule has 0 amide bonds. The number of ether oxygens (including phenoxy) is 1. The summed E-state index contributed by atoms with van der Waals surface area (Å²) in [7, 11) is 0. The number of hydrogen-bond acceptors (Lipinski definition) is 5. The van der Waals surface area contributed by atoms with E-state index in [1.807, 2.05) is 44.2 Å². The van der Waals surface area contributed by atoms with Gasteiger partial charge in [-0.15, -0.1) is 0 Å². The van der Waals surface area contributed by atoms with Crippen molar-refractivity contribution in [2.24, 2.45) is 0 Å². The van der Waals surface area contributed by atoms with E-state index in [1.54, 1.807) is 0 Å². The van der Waals surface area contributed by atoms with Crippen LogP contribution in [0, 0.1) is 0 Å². The number of fused-ring (bicyclic) bond motifs is 1. The van der Waals surface area contributed by atoms with Crippen molar-refractivity contribution in [1.82, 2.24) is 9.97 Å². The number of nitrogens with zero attached hydrogens (tertiary/aromatic N) is 1. The van der Waals surface area contributed by atoms with E-state index in [9.17, 15) is 9.59 Å². The Bertz CT molecular complexity index is 944. The molecule has 0 aliphatic carbocycles. The van der Waals surface area contributed by atoms with Gasteiger partial charge in [0.15, 0.2) is 0 Å². The Morgan fingerprint density at radius 3 is 2.70 bits per heavy atom. The molecule has 118 valence electrons. The predicted molar refractivity (Wildman–Crippen MR) is 85.8 cm³/mol. The molecule has 6 nitrogen and oxygen atoms in total. The third-order valence-corrected chi connectivity index (χ3v) is 3.61. The van der Waals surface area contributed by atoms with Crippen LogP contribution in [-0.2, 0) is 6.42 Å². The highest BCUT2D eigenvalue weighted by molar-refractivity contribution is 5.75. The highest BCUT2D eigenvalue weighted by Gasteiger charge is 2.14. The van der Waals surface area contributed by atoms with Gasteiger partial charge in [-0.2, -0.15) is 4.98 Å². The van der Waals surface area contributed by atoms with Gasteiger partial charge in [0.05, 0.1) is 0 Å². The van der Waals surface area contributed by atoms with Gasteiger partial charge in [-0.05, 0) is 24.5 Å². The first-order valence-electron chi connectivity index (χ1n) is 7.37. The van der Waals surface area contributed by atoms with Crippen molar-refractivity contribution < 1.29 is 9.15 Å². The van der Waals surface area contributed by atoms with Gasteiger partial charge in [-0.25, -0.2) is 4.79 Å². The molecule has 0 fully saturated rings. The van der Waals surface area contributed by atoms with Gasteiger partial charge < -0.3 is 9.15 Å². The number of aromatic nitrogens is 2. The smallest absolute Gasteiger partial charge is 0.337 e. The number of aromatic amines is 1. The molecule has 0 unspecified atom stereocenters. The van der Waals surface area contributed by atoms with Crippen LogP contribution in [-0.4, -0.2) is 9.97 Å². The van der Waals surface area contributed by atoms with Crippen LogP contribution in [0.1, 0.15) is 31.1 Å². The maximum absolute atomic E-state index is 12.3. The van der Waals surface area contributed by atoms with E-state index in [2.05, 4.69) is 9.97 Å². The van der Waals surface area contributed by atoms with Crippen LogP contribution in [0.25, 0.3) is 11.1 Å². The maximum Gasteiger partial charge on any atom is 0.337 e. The van der Waals surface area contributed by atoms with Crippen molar-refractivity contribution in [1.29, 1.82) is 0 Å². The molecular weight excluding hydrogens is 296 g/mol. The van der Waals surface area contributed by atoms with E-state index in [1.165, 1.54) is 6.07 Å². The molecule has 2 heterocycles. The summed E-state index contributed by atoms with van der Waals surface area (Å²) in [5, 5.41) is 0.284. The summed E-state index contributed by atoms with van der Waals surface area (Å²) >= 11 is 0.